The second-order valence-corrected chi connectivity index (χ2v) is 18.4. The number of aromatic nitrogens is 2. The molecule has 0 bridgehead atoms. The molecule has 0 spiro atoms. The minimum Gasteiger partial charge on any atom is -0.400 e. The Morgan fingerprint density at radius 1 is 0.822 bits per heavy atom. The lowest BCUT2D eigenvalue weighted by molar-refractivity contribution is -0.693. The SMILES string of the molecule is CCCC[P+](CCCC)(CCCC)Cc1ccc(C(C(C)C)N(C)CC(C)(C)C(CCC)n2cc[n+](CC)c2)cc1.CO.CO. The van der Waals surface area contributed by atoms with Gasteiger partial charge in [0.2, 0.25) is 6.33 Å². The Labute approximate surface area is 281 Å². The summed E-state index contributed by atoms with van der Waals surface area (Å²) in [6, 6.07) is 10.9. The Bertz CT molecular complexity index is 951. The van der Waals surface area contributed by atoms with Crippen LogP contribution in [0.3, 0.4) is 0 Å². The van der Waals surface area contributed by atoms with Crippen molar-refractivity contribution in [3.8, 4) is 0 Å². The molecule has 2 rings (SSSR count). The molecule has 45 heavy (non-hydrogen) atoms. The van der Waals surface area contributed by atoms with Crippen LogP contribution in [0, 0.1) is 11.3 Å². The molecule has 1 heterocycles. The third-order valence-electron chi connectivity index (χ3n) is 9.46. The Kier molecular flexibility index (Phi) is 23.3. The van der Waals surface area contributed by atoms with Gasteiger partial charge in [0, 0.05) is 39.5 Å². The highest BCUT2D eigenvalue weighted by Crippen LogP contribution is 2.63. The smallest absolute Gasteiger partial charge is 0.243 e. The summed E-state index contributed by atoms with van der Waals surface area (Å²) in [4.78, 5) is 2.65. The van der Waals surface area contributed by atoms with Crippen molar-refractivity contribution in [1.29, 1.82) is 0 Å². The van der Waals surface area contributed by atoms with Crippen LogP contribution in [0.25, 0.3) is 0 Å². The summed E-state index contributed by atoms with van der Waals surface area (Å²) in [5, 5.41) is 14.0. The van der Waals surface area contributed by atoms with E-state index in [1.807, 2.05) is 0 Å². The number of rotatable bonds is 21. The topological polar surface area (TPSA) is 52.5 Å². The molecule has 0 amide bonds. The molecule has 0 saturated carbocycles. The maximum Gasteiger partial charge on any atom is 0.243 e. The van der Waals surface area contributed by atoms with Crippen LogP contribution in [-0.2, 0) is 12.7 Å². The predicted octanol–water partition coefficient (Wildman–Crippen LogP) is 9.63. The van der Waals surface area contributed by atoms with E-state index >= 15 is 0 Å². The first-order valence-corrected chi connectivity index (χ1v) is 20.7. The van der Waals surface area contributed by atoms with Gasteiger partial charge in [0.05, 0.1) is 31.2 Å². The minimum absolute atomic E-state index is 0.157. The monoisotopic (exact) mass is 650 g/mol. The van der Waals surface area contributed by atoms with Gasteiger partial charge in [-0.1, -0.05) is 105 Å². The summed E-state index contributed by atoms with van der Waals surface area (Å²) in [6.45, 7) is 23.5. The molecule has 262 valence electrons. The zero-order valence-electron chi connectivity index (χ0n) is 31.9. The molecular formula is C39H76N3O2P+2. The number of aryl methyl sites for hydroxylation is 1. The van der Waals surface area contributed by atoms with Crippen LogP contribution in [-0.4, -0.2) is 66.0 Å². The number of nitrogens with zero attached hydrogens (tertiary/aromatic N) is 3. The van der Waals surface area contributed by atoms with Crippen LogP contribution in [0.2, 0.25) is 0 Å². The van der Waals surface area contributed by atoms with Gasteiger partial charge in [-0.2, -0.15) is 0 Å². The lowest BCUT2D eigenvalue weighted by Gasteiger charge is -2.40. The van der Waals surface area contributed by atoms with Crippen LogP contribution >= 0.6 is 7.26 Å². The summed E-state index contributed by atoms with van der Waals surface area (Å²) in [5.41, 5.74) is 3.24. The molecule has 0 aliphatic rings. The predicted molar refractivity (Wildman–Crippen MR) is 201 cm³/mol. The van der Waals surface area contributed by atoms with E-state index in [9.17, 15) is 0 Å². The van der Waals surface area contributed by atoms with E-state index in [1.165, 1.54) is 81.6 Å². The molecular weight excluding hydrogens is 573 g/mol. The lowest BCUT2D eigenvalue weighted by atomic mass is 9.80. The van der Waals surface area contributed by atoms with Gasteiger partial charge < -0.3 is 10.2 Å². The van der Waals surface area contributed by atoms with E-state index in [0.29, 0.717) is 18.0 Å². The number of aliphatic hydroxyl groups excluding tert-OH is 2. The second-order valence-electron chi connectivity index (χ2n) is 14.1. The molecule has 6 heteroatoms. The molecule has 2 unspecified atom stereocenters. The summed E-state index contributed by atoms with van der Waals surface area (Å²) < 4.78 is 4.77. The van der Waals surface area contributed by atoms with E-state index in [-0.39, 0.29) is 5.41 Å². The molecule has 1 aromatic heterocycles. The summed E-state index contributed by atoms with van der Waals surface area (Å²) in [5.74, 6) is 0.561. The van der Waals surface area contributed by atoms with E-state index in [0.717, 1.165) is 27.3 Å². The van der Waals surface area contributed by atoms with Gasteiger partial charge in [-0.3, -0.25) is 4.90 Å². The van der Waals surface area contributed by atoms with Gasteiger partial charge in [0.1, 0.15) is 18.4 Å². The molecule has 2 atom stereocenters. The number of aliphatic hydroxyl groups is 2. The van der Waals surface area contributed by atoms with E-state index in [1.54, 1.807) is 5.56 Å². The van der Waals surface area contributed by atoms with Gasteiger partial charge in [0.25, 0.3) is 0 Å². The van der Waals surface area contributed by atoms with E-state index < -0.39 is 7.26 Å². The highest BCUT2D eigenvalue weighted by atomic mass is 31.2. The number of benzene rings is 1. The average Bonchev–Trinajstić information content (AvgIpc) is 3.51. The Morgan fingerprint density at radius 2 is 1.33 bits per heavy atom. The van der Waals surface area contributed by atoms with Crippen LogP contribution in [0.4, 0.5) is 0 Å². The van der Waals surface area contributed by atoms with Crippen molar-refractivity contribution in [1.82, 2.24) is 9.47 Å². The highest BCUT2D eigenvalue weighted by Gasteiger charge is 2.38. The standard InChI is InChI=1S/C37H68N3P.2CH4O/c1-11-16-26-41(27-17-12-2,28-18-13-3)29-33-20-22-34(23-21-33)36(32(6)7)38(10)30-37(8,9)35(19-14-4)40-25-24-39(15-5)31-40;2*1-2/h20-25,31-32,35-36H,11-19,26-30H2,1-10H3;2*2H,1H3/q+2;;. The fourth-order valence-electron chi connectivity index (χ4n) is 7.25. The maximum atomic E-state index is 7.00. The maximum absolute atomic E-state index is 7.00. The number of unbranched alkanes of at least 4 members (excludes halogenated alkanes) is 3. The van der Waals surface area contributed by atoms with Crippen molar-refractivity contribution < 1.29 is 14.8 Å². The first-order valence-electron chi connectivity index (χ1n) is 18.2. The number of imidazole rings is 1. The minimum atomic E-state index is -0.935. The van der Waals surface area contributed by atoms with E-state index in [2.05, 4.69) is 126 Å². The Hall–Kier alpha value is -1.26. The third kappa shape index (κ3) is 14.6. The van der Waals surface area contributed by atoms with Gasteiger partial charge in [0.15, 0.2) is 0 Å². The zero-order valence-corrected chi connectivity index (χ0v) is 32.8. The molecule has 0 saturated heterocycles. The van der Waals surface area contributed by atoms with Crippen molar-refractivity contribution in [3.05, 3.63) is 54.1 Å². The quantitative estimate of drug-likeness (QED) is 0.105. The van der Waals surface area contributed by atoms with Crippen molar-refractivity contribution in [2.45, 2.75) is 138 Å². The Morgan fingerprint density at radius 3 is 1.73 bits per heavy atom. The normalized spacial score (nSPS) is 13.2. The fraction of sp³-hybridized carbons (Fsp3) is 0.769. The first kappa shape index (κ1) is 43.7. The van der Waals surface area contributed by atoms with Gasteiger partial charge in [-0.05, 0) is 56.7 Å². The number of hydrogen-bond donors (Lipinski definition) is 2. The van der Waals surface area contributed by atoms with Crippen LogP contribution in [0.1, 0.15) is 137 Å². The molecule has 0 aliphatic heterocycles. The van der Waals surface area contributed by atoms with E-state index in [4.69, 9.17) is 10.2 Å². The highest BCUT2D eigenvalue weighted by molar-refractivity contribution is 7.75. The van der Waals surface area contributed by atoms with Crippen molar-refractivity contribution in [3.63, 3.8) is 0 Å². The number of hydrogen-bond acceptors (Lipinski definition) is 3. The molecule has 0 radical (unpaired) electrons. The van der Waals surface area contributed by atoms with Crippen molar-refractivity contribution >= 4 is 7.26 Å². The summed E-state index contributed by atoms with van der Waals surface area (Å²) >= 11 is 0. The fourth-order valence-corrected chi connectivity index (χ4v) is 12.3. The summed E-state index contributed by atoms with van der Waals surface area (Å²) in [6.07, 6.45) is 23.3. The van der Waals surface area contributed by atoms with Gasteiger partial charge in [-0.25, -0.2) is 9.13 Å². The summed E-state index contributed by atoms with van der Waals surface area (Å²) in [7, 11) is 3.43. The third-order valence-corrected chi connectivity index (χ3v) is 14.3. The molecule has 1 aromatic carbocycles. The molecule has 2 aromatic rings. The molecule has 0 aliphatic carbocycles. The van der Waals surface area contributed by atoms with Crippen LogP contribution in [0.5, 0.6) is 0 Å². The largest absolute Gasteiger partial charge is 0.400 e. The van der Waals surface area contributed by atoms with Crippen molar-refractivity contribution in [2.75, 3.05) is 46.3 Å². The average molecular weight is 650 g/mol. The molecule has 0 fully saturated rings. The van der Waals surface area contributed by atoms with Crippen LogP contribution < -0.4 is 4.57 Å². The first-order chi connectivity index (χ1) is 21.6. The van der Waals surface area contributed by atoms with Crippen molar-refractivity contribution in [2.24, 2.45) is 11.3 Å². The van der Waals surface area contributed by atoms with Gasteiger partial charge >= 0.3 is 0 Å². The molecule has 5 nitrogen and oxygen atoms in total. The molecule has 2 N–H and O–H groups in total. The second kappa shape index (κ2) is 24.0. The van der Waals surface area contributed by atoms with Gasteiger partial charge in [-0.15, -0.1) is 0 Å². The zero-order chi connectivity index (χ0) is 34.5. The lowest BCUT2D eigenvalue weighted by Crippen LogP contribution is -2.41. The van der Waals surface area contributed by atoms with Crippen LogP contribution in [0.15, 0.2) is 43.0 Å². The Balaban J connectivity index is 0.00000464.